The quantitative estimate of drug-likeness (QED) is 0.444. The third-order valence-corrected chi connectivity index (χ3v) is 2.21. The lowest BCUT2D eigenvalue weighted by molar-refractivity contribution is 0.422. The van der Waals surface area contributed by atoms with Crippen molar-refractivity contribution in [3.8, 4) is 0 Å². The Morgan fingerprint density at radius 1 is 1.12 bits per heavy atom. The minimum Gasteiger partial charge on any atom is -0.123 e. The molecule has 1 aliphatic rings. The van der Waals surface area contributed by atoms with Gasteiger partial charge >= 0.3 is 0 Å². The minimum atomic E-state index is 0.452. The van der Waals surface area contributed by atoms with Gasteiger partial charge in [-0.2, -0.15) is 0 Å². The number of rotatable bonds is 0. The standard InChI is InChI=1S/C7H12Cl/c1-6-2-4-7(8)5-3-6/h6-7H,1-5H2. The first-order valence-electron chi connectivity index (χ1n) is 3.26. The van der Waals surface area contributed by atoms with Crippen molar-refractivity contribution >= 4 is 11.6 Å². The van der Waals surface area contributed by atoms with Gasteiger partial charge in [0.25, 0.3) is 0 Å². The highest BCUT2D eigenvalue weighted by Gasteiger charge is 2.14. The van der Waals surface area contributed by atoms with Crippen molar-refractivity contribution in [3.05, 3.63) is 6.92 Å². The van der Waals surface area contributed by atoms with Crippen LogP contribution in [0.25, 0.3) is 0 Å². The molecule has 0 unspecified atom stereocenters. The van der Waals surface area contributed by atoms with E-state index in [0.29, 0.717) is 11.3 Å². The van der Waals surface area contributed by atoms with Crippen molar-refractivity contribution in [3.63, 3.8) is 0 Å². The Labute approximate surface area is 56.2 Å². The number of alkyl halides is 1. The number of hydrogen-bond donors (Lipinski definition) is 0. The maximum absolute atomic E-state index is 5.85. The van der Waals surface area contributed by atoms with Crippen LogP contribution in [-0.2, 0) is 0 Å². The van der Waals surface area contributed by atoms with E-state index >= 15 is 0 Å². The minimum absolute atomic E-state index is 0.452. The molecule has 0 N–H and O–H groups in total. The Balaban J connectivity index is 2.19. The molecule has 0 saturated heterocycles. The summed E-state index contributed by atoms with van der Waals surface area (Å²) in [6.07, 6.45) is 4.81. The molecule has 0 atom stereocenters. The molecule has 0 aliphatic heterocycles. The van der Waals surface area contributed by atoms with Gasteiger partial charge in [0, 0.05) is 5.38 Å². The van der Waals surface area contributed by atoms with Gasteiger partial charge in [0.1, 0.15) is 0 Å². The second-order valence-electron chi connectivity index (χ2n) is 2.62. The average Bonchev–Trinajstić information content (AvgIpc) is 1.77. The monoisotopic (exact) mass is 131 g/mol. The molecule has 1 fully saturated rings. The molecule has 47 valence electrons. The molecule has 0 spiro atoms. The van der Waals surface area contributed by atoms with Crippen LogP contribution in [0.15, 0.2) is 0 Å². The molecule has 0 aromatic rings. The van der Waals surface area contributed by atoms with E-state index in [1.165, 1.54) is 25.7 Å². The zero-order chi connectivity index (χ0) is 5.98. The van der Waals surface area contributed by atoms with Gasteiger partial charge in [-0.15, -0.1) is 11.6 Å². The van der Waals surface area contributed by atoms with Crippen LogP contribution in [0.2, 0.25) is 0 Å². The van der Waals surface area contributed by atoms with E-state index < -0.39 is 0 Å². The first-order valence-corrected chi connectivity index (χ1v) is 3.70. The molecule has 1 aliphatic carbocycles. The molecule has 0 heterocycles. The molecule has 8 heavy (non-hydrogen) atoms. The van der Waals surface area contributed by atoms with Crippen molar-refractivity contribution in [2.75, 3.05) is 0 Å². The van der Waals surface area contributed by atoms with Crippen LogP contribution in [0.5, 0.6) is 0 Å². The first kappa shape index (κ1) is 6.41. The van der Waals surface area contributed by atoms with Crippen LogP contribution in [0, 0.1) is 12.8 Å². The molecule has 0 nitrogen and oxygen atoms in total. The van der Waals surface area contributed by atoms with E-state index in [2.05, 4.69) is 6.92 Å². The van der Waals surface area contributed by atoms with Crippen LogP contribution < -0.4 is 0 Å². The lowest BCUT2D eigenvalue weighted by atomic mass is 9.91. The van der Waals surface area contributed by atoms with Gasteiger partial charge in [0.2, 0.25) is 0 Å². The summed E-state index contributed by atoms with van der Waals surface area (Å²) in [5, 5.41) is 0.452. The van der Waals surface area contributed by atoms with Crippen molar-refractivity contribution in [1.82, 2.24) is 0 Å². The highest BCUT2D eigenvalue weighted by molar-refractivity contribution is 6.20. The summed E-state index contributed by atoms with van der Waals surface area (Å²) >= 11 is 5.85. The second kappa shape index (κ2) is 2.72. The van der Waals surface area contributed by atoms with Gasteiger partial charge in [-0.1, -0.05) is 6.92 Å². The maximum atomic E-state index is 5.85. The van der Waals surface area contributed by atoms with Gasteiger partial charge in [-0.05, 0) is 31.6 Å². The molecule has 1 heteroatoms. The third kappa shape index (κ3) is 1.66. The van der Waals surface area contributed by atoms with Gasteiger partial charge in [-0.25, -0.2) is 0 Å². The molecule has 1 radical (unpaired) electrons. The van der Waals surface area contributed by atoms with Crippen molar-refractivity contribution < 1.29 is 0 Å². The summed E-state index contributed by atoms with van der Waals surface area (Å²) in [5.41, 5.74) is 0. The van der Waals surface area contributed by atoms with Crippen LogP contribution in [0.1, 0.15) is 25.7 Å². The number of hydrogen-bond acceptors (Lipinski definition) is 0. The van der Waals surface area contributed by atoms with Crippen LogP contribution in [0.3, 0.4) is 0 Å². The zero-order valence-corrected chi connectivity index (χ0v) is 5.82. The van der Waals surface area contributed by atoms with Gasteiger partial charge in [0.15, 0.2) is 0 Å². The fourth-order valence-corrected chi connectivity index (χ4v) is 1.37. The summed E-state index contributed by atoms with van der Waals surface area (Å²) in [4.78, 5) is 0. The lowest BCUT2D eigenvalue weighted by Crippen LogP contribution is -2.11. The lowest BCUT2D eigenvalue weighted by Gasteiger charge is -2.20. The predicted octanol–water partition coefficient (Wildman–Crippen LogP) is 2.62. The van der Waals surface area contributed by atoms with E-state index in [-0.39, 0.29) is 0 Å². The Hall–Kier alpha value is 0.290. The van der Waals surface area contributed by atoms with Crippen molar-refractivity contribution in [2.24, 2.45) is 5.92 Å². The number of halogens is 1. The Bertz CT molecular complexity index is 52.8. The van der Waals surface area contributed by atoms with Crippen LogP contribution >= 0.6 is 11.6 Å². The zero-order valence-electron chi connectivity index (χ0n) is 5.07. The molecular weight excluding hydrogens is 120 g/mol. The SMILES string of the molecule is [CH2]C1CCC(Cl)CC1. The van der Waals surface area contributed by atoms with Gasteiger partial charge in [-0.3, -0.25) is 0 Å². The first-order chi connectivity index (χ1) is 3.79. The van der Waals surface area contributed by atoms with E-state index in [4.69, 9.17) is 11.6 Å². The molecular formula is C7H12Cl. The third-order valence-electron chi connectivity index (χ3n) is 1.78. The normalized spacial score (nSPS) is 39.8. The van der Waals surface area contributed by atoms with Crippen LogP contribution in [-0.4, -0.2) is 5.38 Å². The van der Waals surface area contributed by atoms with Crippen molar-refractivity contribution in [2.45, 2.75) is 31.1 Å². The molecule has 0 aromatic heterocycles. The highest BCUT2D eigenvalue weighted by atomic mass is 35.5. The summed E-state index contributed by atoms with van der Waals surface area (Å²) in [5.74, 6) is 0.685. The summed E-state index contributed by atoms with van der Waals surface area (Å²) in [7, 11) is 0. The van der Waals surface area contributed by atoms with E-state index in [9.17, 15) is 0 Å². The van der Waals surface area contributed by atoms with Gasteiger partial charge < -0.3 is 0 Å². The van der Waals surface area contributed by atoms with Gasteiger partial charge in [0.05, 0.1) is 0 Å². The fourth-order valence-electron chi connectivity index (χ4n) is 1.12. The van der Waals surface area contributed by atoms with E-state index in [0.717, 1.165) is 0 Å². The summed E-state index contributed by atoms with van der Waals surface area (Å²) in [6.45, 7) is 3.97. The van der Waals surface area contributed by atoms with Crippen molar-refractivity contribution in [1.29, 1.82) is 0 Å². The van der Waals surface area contributed by atoms with E-state index in [1.54, 1.807) is 0 Å². The molecule has 0 aromatic carbocycles. The Morgan fingerprint density at radius 3 is 2.00 bits per heavy atom. The smallest absolute Gasteiger partial charge is 0.0336 e. The fraction of sp³-hybridized carbons (Fsp3) is 0.857. The maximum Gasteiger partial charge on any atom is 0.0336 e. The van der Waals surface area contributed by atoms with Crippen LogP contribution in [0.4, 0.5) is 0 Å². The molecule has 0 amide bonds. The topological polar surface area (TPSA) is 0 Å². The Kier molecular flexibility index (Phi) is 2.18. The average molecular weight is 132 g/mol. The Morgan fingerprint density at radius 2 is 1.62 bits per heavy atom. The largest absolute Gasteiger partial charge is 0.123 e. The molecule has 0 bridgehead atoms. The molecule has 1 saturated carbocycles. The summed E-state index contributed by atoms with van der Waals surface area (Å²) < 4.78 is 0. The highest BCUT2D eigenvalue weighted by Crippen LogP contribution is 2.26. The predicted molar refractivity (Wildman–Crippen MR) is 37.0 cm³/mol. The van der Waals surface area contributed by atoms with E-state index in [1.807, 2.05) is 0 Å². The summed E-state index contributed by atoms with van der Waals surface area (Å²) in [6, 6.07) is 0. The molecule has 1 rings (SSSR count). The second-order valence-corrected chi connectivity index (χ2v) is 3.24.